The van der Waals surface area contributed by atoms with E-state index in [-0.39, 0.29) is 142 Å². The fourth-order valence-corrected chi connectivity index (χ4v) is 9.11. The number of nitrogens with zero attached hydrogens (tertiary/aromatic N) is 1. The van der Waals surface area contributed by atoms with E-state index in [0.29, 0.717) is 94.6 Å². The van der Waals surface area contributed by atoms with Gasteiger partial charge in [-0.3, -0.25) is 28.2 Å². The fraction of sp³-hybridized carbons (Fsp3) is 0.511. The molecule has 133 heavy (non-hydrogen) atoms. The molecule has 3 N–H and O–H groups in total. The number of carbonyl (C=O) groups is 6. The Morgan fingerprint density at radius 3 is 1.17 bits per heavy atom. The first-order valence-electron chi connectivity index (χ1n) is 40.8. The molecule has 1 aliphatic heterocycles. The molecular formula is C94H142BrCl3F6FeILiNO24S. The molecule has 39 heteroatoms. The van der Waals surface area contributed by atoms with E-state index in [9.17, 15) is 69.5 Å². The maximum atomic E-state index is 13.5. The van der Waals surface area contributed by atoms with Crippen LogP contribution in [0.1, 0.15) is 220 Å². The molecule has 1 fully saturated rings. The Labute approximate surface area is 835 Å². The monoisotopic (exact) mass is 2190 g/mol. The van der Waals surface area contributed by atoms with Gasteiger partial charge in [0, 0.05) is 62.4 Å². The number of epoxide rings is 1. The summed E-state index contributed by atoms with van der Waals surface area (Å²) in [6.45, 7) is 43.2. The molecule has 0 spiro atoms. The van der Waals surface area contributed by atoms with Crippen molar-refractivity contribution in [2.24, 2.45) is 0 Å². The number of unbranched alkanes of at least 4 members (excludes halogenated alkanes) is 1. The van der Waals surface area contributed by atoms with Gasteiger partial charge in [0.2, 0.25) is 0 Å². The molecule has 1 saturated heterocycles. The molecule has 0 amide bonds. The topological polar surface area (TPSA) is 317 Å². The van der Waals surface area contributed by atoms with E-state index in [1.165, 1.54) is 140 Å². The molecule has 1 aliphatic rings. The summed E-state index contributed by atoms with van der Waals surface area (Å²) in [6.07, 6.45) is 7.37. The molecule has 0 aliphatic carbocycles. The van der Waals surface area contributed by atoms with Gasteiger partial charge in [0.15, 0.2) is 6.29 Å². The third kappa shape index (κ3) is 86.5. The largest absolute Gasteiger partial charge is 1.00 e. The standard InChI is InChI=1S/C16H23FO4.2C12H17FO3.C9H9FO2.C8H7FO2.C7H6BrFO.C6H10O3.C6H10O2.C5H7NO2.C4H9.C3H9IOS.C3H8O.C2H6.CH4.3ClH.Fe.Li/c1-5-6-16(18)20-10-15(21-11(2)3)13-9-12(17)7-8-14(13)19-4;2*1-8(2)16-12(7-14)10-6-9(13)4-5-11(10)15-3;1-11-8-3-2-6(10)4-7(8)9-5-12-9;1-11-8-3-2-7(9)4-6(8)5-10;1-10-7-3-2-5(9)4-6(7)8;1-3-9-6(8)4-5(2)7;1-3-5-6(7)8-4-2;1-3-8-5(7)4-6-2;1-3-4-2;1-6(2,3,4)5;1-3(2)4;1-2;;;;;;/h7-9,11,15H,5-6,10H2,1-4H3;2*4-6,8,12,14H,7H2,1-3H3;2-4,9H,5H2,1H3;2-5H,1H3;2-4H,1H3;3-4H2,1-2H3;4H,2-3,5H2,1H3;3-4H2,1H3;1,3-4H2,2H3;1-3H3;3-4H,1-2H3;1-2H3;1H4;3*1H;;/q;;;;;;;;;-1;;;;;;;;+3;+1/p-3/t15-;12-;;;;;;;;;;;;;;;;;/m00................./s1. The van der Waals surface area contributed by atoms with Gasteiger partial charge in [-0.2, -0.15) is 6.42 Å². The Hall–Kier alpha value is -6.78. The zero-order valence-electron chi connectivity index (χ0n) is 80.8. The number of esters is 4. The van der Waals surface area contributed by atoms with Gasteiger partial charge in [-0.1, -0.05) is 61.3 Å². The van der Waals surface area contributed by atoms with Crippen molar-refractivity contribution in [1.82, 2.24) is 0 Å². The first-order valence-corrected chi connectivity index (χ1v) is 51.9. The first-order chi connectivity index (χ1) is 61.3. The Balaban J connectivity index is -0.000000183. The predicted molar refractivity (Wildman–Crippen MR) is 521 cm³/mol. The average Bonchev–Trinajstić information content (AvgIpc) is 1.73. The molecule has 2 unspecified atom stereocenters. The van der Waals surface area contributed by atoms with Crippen LogP contribution >= 0.6 is 67.4 Å². The third-order valence-electron chi connectivity index (χ3n) is 13.6. The second kappa shape index (κ2) is 87.9. The number of aldehydes is 1. The number of hydrogen-bond acceptors (Lipinski definition) is 24. The molecule has 4 atom stereocenters. The van der Waals surface area contributed by atoms with Gasteiger partial charge >= 0.3 is 90.7 Å². The number of halogens is 11. The van der Waals surface area contributed by atoms with Gasteiger partial charge in [-0.15, -0.1) is 0 Å². The van der Waals surface area contributed by atoms with Crippen LogP contribution in [-0.2, 0) is 79.3 Å². The quantitative estimate of drug-likeness (QED) is 0.00302. The Morgan fingerprint density at radius 2 is 0.880 bits per heavy atom. The summed E-state index contributed by atoms with van der Waals surface area (Å²) in [4.78, 5) is 65.8. The molecule has 0 radical (unpaired) electrons. The molecule has 6 aromatic carbocycles. The fourth-order valence-electron chi connectivity index (χ4n) is 8.60. The SMILES string of the molecule is C.C=COC(=O)CCC.CC.CC(C)O.CCCC(=O)OC[C@H](OC(C)C)c1cc(F)ccc1OC.CCOC(=O)CC(C)=O.COc1ccc(F)cc1Br.COc1ccc(F)cc1C(CO)OC(C)C.COc1ccc(F)cc1C1CO1.COc1ccc(F)cc1C=O.COc1ccc(F)cc1[C@H](CO)OC(C)C.CS(C)(C)(=O)I.[C-]#[N+]CC(=O)OCC.[CH2-]CCC.[Cl][Fe]([Cl])[Cl].[Li+]. The van der Waals surface area contributed by atoms with Crippen LogP contribution in [0.25, 0.3) is 4.85 Å². The smallest absolute Gasteiger partial charge is 1.00 e. The second-order valence-corrected chi connectivity index (χ2v) is 47.4. The van der Waals surface area contributed by atoms with Crippen LogP contribution in [0.2, 0.25) is 0 Å². The maximum absolute atomic E-state index is 13.5. The van der Waals surface area contributed by atoms with Gasteiger partial charge < -0.3 is 93.4 Å². The van der Waals surface area contributed by atoms with Crippen molar-refractivity contribution in [2.75, 3.05) is 108 Å². The number of aliphatic hydroxyl groups is 3. The van der Waals surface area contributed by atoms with E-state index in [2.05, 4.69) is 55.4 Å². The molecule has 25 nitrogen and oxygen atoms in total. The molecule has 0 saturated carbocycles. The van der Waals surface area contributed by atoms with Gasteiger partial charge in [0.1, 0.15) is 113 Å². The van der Waals surface area contributed by atoms with Crippen molar-refractivity contribution in [1.29, 1.82) is 0 Å². The minimum atomic E-state index is -2.13. The number of Topliss-reactive ketones (excluding diaryl/α,β-unsaturated/α-hetero) is 1. The number of methoxy groups -OCH3 is 6. The Morgan fingerprint density at radius 1 is 0.571 bits per heavy atom. The van der Waals surface area contributed by atoms with Gasteiger partial charge in [0.05, 0.1) is 110 Å². The first kappa shape index (κ1) is 144. The zero-order chi connectivity index (χ0) is 103. The Kier molecular flexibility index (Phi) is 95.2. The van der Waals surface area contributed by atoms with Crippen LogP contribution in [0.15, 0.2) is 127 Å². The van der Waals surface area contributed by atoms with E-state index >= 15 is 0 Å². The van der Waals surface area contributed by atoms with E-state index < -0.39 is 53.5 Å². The van der Waals surface area contributed by atoms with E-state index in [0.717, 1.165) is 37.2 Å². The molecule has 759 valence electrons. The van der Waals surface area contributed by atoms with Gasteiger partial charge in [-0.25, -0.2) is 37.7 Å². The maximum Gasteiger partial charge on any atom is 1.00 e. The third-order valence-corrected chi connectivity index (χ3v) is 14.3. The van der Waals surface area contributed by atoms with Crippen LogP contribution < -0.4 is 47.3 Å². The summed E-state index contributed by atoms with van der Waals surface area (Å²) in [6, 6.07) is 25.0. The zero-order valence-corrected chi connectivity index (χ0v) is 88.7. The summed E-state index contributed by atoms with van der Waals surface area (Å²) in [5, 5.41) is 26.5. The summed E-state index contributed by atoms with van der Waals surface area (Å²) in [5.74, 6) is -0.362. The van der Waals surface area contributed by atoms with Crippen molar-refractivity contribution in [3.8, 4) is 34.5 Å². The summed E-state index contributed by atoms with van der Waals surface area (Å²) >= 11 is 3.77. The minimum Gasteiger partial charge on any atom is 1.00 e. The molecular weight excluding hydrogens is 2050 g/mol. The van der Waals surface area contributed by atoms with Crippen molar-refractivity contribution in [3.05, 3.63) is 208 Å². The minimum absolute atomic E-state index is 0. The molecule has 6 aromatic rings. The van der Waals surface area contributed by atoms with Crippen LogP contribution in [0, 0.1) is 48.4 Å². The number of benzene rings is 6. The average molecular weight is 2190 g/mol. The van der Waals surface area contributed by atoms with Gasteiger partial charge in [0.25, 0.3) is 0 Å². The van der Waals surface area contributed by atoms with Crippen molar-refractivity contribution in [2.45, 2.75) is 212 Å². The number of ether oxygens (including phenoxy) is 14. The normalized spacial score (nSPS) is 11.6. The van der Waals surface area contributed by atoms with Crippen molar-refractivity contribution >= 4 is 110 Å². The molecule has 7 rings (SSSR count). The number of carbonyl (C=O) groups excluding carboxylic acids is 6. The van der Waals surface area contributed by atoms with Crippen LogP contribution in [-0.4, -0.2) is 188 Å². The number of ketones is 1. The molecule has 0 bridgehead atoms. The van der Waals surface area contributed by atoms with Crippen molar-refractivity contribution < 1.29 is 171 Å². The van der Waals surface area contributed by atoms with Crippen LogP contribution in [0.5, 0.6) is 34.5 Å². The number of rotatable bonds is 32. The van der Waals surface area contributed by atoms with E-state index in [4.69, 9.17) is 94.1 Å². The number of aliphatic hydroxyl groups excluding tert-OH is 3. The van der Waals surface area contributed by atoms with Gasteiger partial charge in [-0.05, 0) is 233 Å². The van der Waals surface area contributed by atoms with Crippen molar-refractivity contribution in [3.63, 3.8) is 0 Å². The summed E-state index contributed by atoms with van der Waals surface area (Å²) < 4.78 is 159. The number of hydrogen-bond donors (Lipinski definition) is 3. The van der Waals surface area contributed by atoms with Crippen LogP contribution in [0.4, 0.5) is 26.3 Å². The predicted octanol–water partition coefficient (Wildman–Crippen LogP) is 20.6. The van der Waals surface area contributed by atoms with E-state index in [1.54, 1.807) is 65.7 Å². The van der Waals surface area contributed by atoms with Crippen LogP contribution in [0.3, 0.4) is 0 Å². The molecule has 1 heterocycles. The van der Waals surface area contributed by atoms with E-state index in [1.807, 2.05) is 90.4 Å². The second-order valence-electron chi connectivity index (χ2n) is 27.5. The summed E-state index contributed by atoms with van der Waals surface area (Å²) in [5.41, 5.74) is 2.62. The molecule has 0 aromatic heterocycles. The Bertz CT molecular complexity index is 4100. The summed E-state index contributed by atoms with van der Waals surface area (Å²) in [7, 11) is 23.7.